The molecule has 1 amide bonds. The number of aromatic nitrogens is 2. The lowest BCUT2D eigenvalue weighted by Gasteiger charge is -2.35. The Hall–Kier alpha value is -2.18. The number of piperidine rings is 1. The van der Waals surface area contributed by atoms with Crippen molar-refractivity contribution in [3.05, 3.63) is 54.1 Å². The van der Waals surface area contributed by atoms with Gasteiger partial charge in [0.05, 0.1) is 19.8 Å². The molecule has 1 aromatic heterocycles. The number of hydrogen-bond acceptors (Lipinski definition) is 4. The summed E-state index contributed by atoms with van der Waals surface area (Å²) >= 11 is 0. The van der Waals surface area contributed by atoms with Crippen LogP contribution in [-0.2, 0) is 16.1 Å². The second-order valence-corrected chi connectivity index (χ2v) is 7.47. The normalized spacial score (nSPS) is 21.3. The predicted molar refractivity (Wildman–Crippen MR) is 104 cm³/mol. The van der Waals surface area contributed by atoms with E-state index in [4.69, 9.17) is 4.74 Å². The molecular weight excluding hydrogens is 340 g/mol. The molecule has 0 N–H and O–H groups in total. The number of benzene rings is 1. The summed E-state index contributed by atoms with van der Waals surface area (Å²) < 4.78 is 7.61. The molecule has 0 aliphatic carbocycles. The Morgan fingerprint density at radius 3 is 2.78 bits per heavy atom. The van der Waals surface area contributed by atoms with Crippen molar-refractivity contribution in [2.75, 3.05) is 45.9 Å². The lowest BCUT2D eigenvalue weighted by Crippen LogP contribution is -2.47. The number of imidazole rings is 1. The Morgan fingerprint density at radius 1 is 1.15 bits per heavy atom. The van der Waals surface area contributed by atoms with E-state index in [2.05, 4.69) is 44.9 Å². The number of likely N-dealkylation sites (tertiary alicyclic amines) is 1. The van der Waals surface area contributed by atoms with Gasteiger partial charge in [0.25, 0.3) is 0 Å². The number of morpholine rings is 1. The molecule has 2 saturated heterocycles. The van der Waals surface area contributed by atoms with Gasteiger partial charge >= 0.3 is 0 Å². The summed E-state index contributed by atoms with van der Waals surface area (Å²) in [6.07, 6.45) is 6.06. The standard InChI is InChI=1S/C21H28N4O2/c26-20(17-23-11-13-27-14-12-23)24-9-4-7-19(16-24)21-22-8-10-25(21)15-18-5-2-1-3-6-18/h1-3,5-6,8,10,19H,4,7,9,11-17H2/t19-/m1/s1. The SMILES string of the molecule is O=C(CN1CCOCC1)N1CCC[C@@H](c2nccn2Cc2ccccc2)C1. The van der Waals surface area contributed by atoms with Crippen LogP contribution >= 0.6 is 0 Å². The Kier molecular flexibility index (Phi) is 5.84. The van der Waals surface area contributed by atoms with Gasteiger partial charge in [-0.3, -0.25) is 9.69 Å². The average Bonchev–Trinajstić information content (AvgIpc) is 3.18. The molecule has 144 valence electrons. The second-order valence-electron chi connectivity index (χ2n) is 7.47. The third kappa shape index (κ3) is 4.57. The summed E-state index contributed by atoms with van der Waals surface area (Å²) in [5, 5.41) is 0. The largest absolute Gasteiger partial charge is 0.379 e. The third-order valence-corrected chi connectivity index (χ3v) is 5.55. The summed E-state index contributed by atoms with van der Waals surface area (Å²) in [4.78, 5) is 21.7. The predicted octanol–water partition coefficient (Wildman–Crippen LogP) is 1.97. The molecule has 0 unspecified atom stereocenters. The molecule has 27 heavy (non-hydrogen) atoms. The van der Waals surface area contributed by atoms with Gasteiger partial charge < -0.3 is 14.2 Å². The Balaban J connectivity index is 1.39. The molecule has 6 heteroatoms. The molecule has 3 heterocycles. The van der Waals surface area contributed by atoms with E-state index in [1.807, 2.05) is 17.2 Å². The van der Waals surface area contributed by atoms with E-state index in [1.165, 1.54) is 5.56 Å². The van der Waals surface area contributed by atoms with E-state index in [-0.39, 0.29) is 5.91 Å². The maximum Gasteiger partial charge on any atom is 0.236 e. The van der Waals surface area contributed by atoms with Crippen LogP contribution in [0.5, 0.6) is 0 Å². The minimum absolute atomic E-state index is 0.239. The van der Waals surface area contributed by atoms with Crippen LogP contribution in [0, 0.1) is 0 Å². The van der Waals surface area contributed by atoms with Crippen LogP contribution in [-0.4, -0.2) is 71.2 Å². The van der Waals surface area contributed by atoms with Crippen LogP contribution in [0.15, 0.2) is 42.7 Å². The molecular formula is C21H28N4O2. The molecule has 2 aromatic rings. The highest BCUT2D eigenvalue weighted by atomic mass is 16.5. The second kappa shape index (κ2) is 8.67. The van der Waals surface area contributed by atoms with Crippen molar-refractivity contribution in [3.8, 4) is 0 Å². The highest BCUT2D eigenvalue weighted by molar-refractivity contribution is 5.78. The van der Waals surface area contributed by atoms with Crippen LogP contribution in [0.2, 0.25) is 0 Å². The molecule has 1 atom stereocenters. The van der Waals surface area contributed by atoms with Crippen LogP contribution in [0.25, 0.3) is 0 Å². The number of carbonyl (C=O) groups excluding carboxylic acids is 1. The van der Waals surface area contributed by atoms with E-state index in [0.717, 1.165) is 64.6 Å². The first kappa shape index (κ1) is 18.2. The minimum atomic E-state index is 0.239. The molecule has 0 bridgehead atoms. The van der Waals surface area contributed by atoms with Gasteiger partial charge in [0.2, 0.25) is 5.91 Å². The van der Waals surface area contributed by atoms with Crippen molar-refractivity contribution in [1.29, 1.82) is 0 Å². The van der Waals surface area contributed by atoms with Gasteiger partial charge in [-0.15, -0.1) is 0 Å². The number of ether oxygens (including phenoxy) is 1. The molecule has 2 fully saturated rings. The number of hydrogen-bond donors (Lipinski definition) is 0. The van der Waals surface area contributed by atoms with E-state index in [1.54, 1.807) is 0 Å². The monoisotopic (exact) mass is 368 g/mol. The molecule has 0 spiro atoms. The fourth-order valence-electron chi connectivity index (χ4n) is 4.06. The Labute approximate surface area is 160 Å². The molecule has 2 aliphatic heterocycles. The molecule has 2 aliphatic rings. The van der Waals surface area contributed by atoms with E-state index < -0.39 is 0 Å². The quantitative estimate of drug-likeness (QED) is 0.810. The van der Waals surface area contributed by atoms with Crippen molar-refractivity contribution < 1.29 is 9.53 Å². The van der Waals surface area contributed by atoms with Crippen molar-refractivity contribution >= 4 is 5.91 Å². The third-order valence-electron chi connectivity index (χ3n) is 5.55. The number of rotatable bonds is 5. The molecule has 4 rings (SSSR count). The zero-order chi connectivity index (χ0) is 18.5. The first-order valence-corrected chi connectivity index (χ1v) is 9.92. The first-order valence-electron chi connectivity index (χ1n) is 9.92. The molecule has 0 radical (unpaired) electrons. The van der Waals surface area contributed by atoms with Crippen molar-refractivity contribution in [2.45, 2.75) is 25.3 Å². The highest BCUT2D eigenvalue weighted by Crippen LogP contribution is 2.26. The van der Waals surface area contributed by atoms with Gasteiger partial charge in [-0.2, -0.15) is 0 Å². The van der Waals surface area contributed by atoms with E-state index in [0.29, 0.717) is 12.5 Å². The van der Waals surface area contributed by atoms with Crippen molar-refractivity contribution in [2.24, 2.45) is 0 Å². The van der Waals surface area contributed by atoms with Gasteiger partial charge in [-0.1, -0.05) is 30.3 Å². The Bertz CT molecular complexity index is 740. The average molecular weight is 368 g/mol. The van der Waals surface area contributed by atoms with Crippen LogP contribution in [0.3, 0.4) is 0 Å². The van der Waals surface area contributed by atoms with Crippen LogP contribution < -0.4 is 0 Å². The highest BCUT2D eigenvalue weighted by Gasteiger charge is 2.28. The van der Waals surface area contributed by atoms with Gasteiger partial charge in [0.1, 0.15) is 5.82 Å². The molecule has 1 aromatic carbocycles. The lowest BCUT2D eigenvalue weighted by atomic mass is 9.97. The fraction of sp³-hybridized carbons (Fsp3) is 0.524. The number of carbonyl (C=O) groups is 1. The smallest absolute Gasteiger partial charge is 0.236 e. The molecule has 6 nitrogen and oxygen atoms in total. The van der Waals surface area contributed by atoms with Crippen molar-refractivity contribution in [3.63, 3.8) is 0 Å². The summed E-state index contributed by atoms with van der Waals surface area (Å²) in [6.45, 7) is 6.13. The zero-order valence-corrected chi connectivity index (χ0v) is 15.8. The van der Waals surface area contributed by atoms with Gasteiger partial charge in [0.15, 0.2) is 0 Å². The Morgan fingerprint density at radius 2 is 1.96 bits per heavy atom. The van der Waals surface area contributed by atoms with Gasteiger partial charge in [0, 0.05) is 51.0 Å². The van der Waals surface area contributed by atoms with Gasteiger partial charge in [-0.05, 0) is 18.4 Å². The van der Waals surface area contributed by atoms with Crippen LogP contribution in [0.4, 0.5) is 0 Å². The maximum atomic E-state index is 12.8. The zero-order valence-electron chi connectivity index (χ0n) is 15.8. The first-order chi connectivity index (χ1) is 13.3. The minimum Gasteiger partial charge on any atom is -0.379 e. The number of amides is 1. The fourth-order valence-corrected chi connectivity index (χ4v) is 4.06. The van der Waals surface area contributed by atoms with Crippen LogP contribution in [0.1, 0.15) is 30.1 Å². The lowest BCUT2D eigenvalue weighted by molar-refractivity contribution is -0.134. The summed E-state index contributed by atoms with van der Waals surface area (Å²) in [5.41, 5.74) is 1.27. The van der Waals surface area contributed by atoms with Gasteiger partial charge in [-0.25, -0.2) is 4.98 Å². The summed E-state index contributed by atoms with van der Waals surface area (Å²) in [5.74, 6) is 1.65. The van der Waals surface area contributed by atoms with E-state index >= 15 is 0 Å². The van der Waals surface area contributed by atoms with Crippen molar-refractivity contribution in [1.82, 2.24) is 19.4 Å². The topological polar surface area (TPSA) is 50.6 Å². The van der Waals surface area contributed by atoms with E-state index in [9.17, 15) is 4.79 Å². The molecule has 0 saturated carbocycles. The number of nitrogens with zero attached hydrogens (tertiary/aromatic N) is 4. The summed E-state index contributed by atoms with van der Waals surface area (Å²) in [6, 6.07) is 10.5. The maximum absolute atomic E-state index is 12.8. The summed E-state index contributed by atoms with van der Waals surface area (Å²) in [7, 11) is 0.